The molecule has 4 nitrogen and oxygen atoms in total. The van der Waals surface area contributed by atoms with Crippen molar-refractivity contribution in [2.45, 2.75) is 44.6 Å². The van der Waals surface area contributed by atoms with Crippen molar-refractivity contribution >= 4 is 5.91 Å². The van der Waals surface area contributed by atoms with Gasteiger partial charge >= 0.3 is 0 Å². The molecule has 102 valence electrons. The third kappa shape index (κ3) is 2.16. The first-order valence-electron chi connectivity index (χ1n) is 7.32. The SMILES string of the molecule is NC1CCCC1C(=O)N1CCC2(CCOCC2)C1. The number of nitrogens with zero attached hydrogens (tertiary/aromatic N) is 1. The smallest absolute Gasteiger partial charge is 0.227 e. The highest BCUT2D eigenvalue weighted by Gasteiger charge is 2.43. The lowest BCUT2D eigenvalue weighted by atomic mass is 9.80. The van der Waals surface area contributed by atoms with Crippen LogP contribution in [0.25, 0.3) is 0 Å². The van der Waals surface area contributed by atoms with Gasteiger partial charge < -0.3 is 15.4 Å². The maximum absolute atomic E-state index is 12.5. The summed E-state index contributed by atoms with van der Waals surface area (Å²) in [4.78, 5) is 14.6. The Morgan fingerprint density at radius 2 is 2.00 bits per heavy atom. The molecule has 2 heterocycles. The normalized spacial score (nSPS) is 35.3. The minimum Gasteiger partial charge on any atom is -0.381 e. The molecule has 3 aliphatic rings. The van der Waals surface area contributed by atoms with Crippen LogP contribution in [0.3, 0.4) is 0 Å². The second kappa shape index (κ2) is 4.82. The van der Waals surface area contributed by atoms with Crippen LogP contribution in [0.15, 0.2) is 0 Å². The Kier molecular flexibility index (Phi) is 3.32. The number of hydrogen-bond acceptors (Lipinski definition) is 3. The van der Waals surface area contributed by atoms with Gasteiger partial charge in [0.1, 0.15) is 0 Å². The number of nitrogens with two attached hydrogens (primary N) is 1. The van der Waals surface area contributed by atoms with Crippen LogP contribution in [-0.4, -0.2) is 43.2 Å². The van der Waals surface area contributed by atoms with E-state index in [0.717, 1.165) is 64.8 Å². The summed E-state index contributed by atoms with van der Waals surface area (Å²) in [5, 5.41) is 0. The molecule has 1 amide bonds. The lowest BCUT2D eigenvalue weighted by Gasteiger charge is -2.33. The monoisotopic (exact) mass is 252 g/mol. The summed E-state index contributed by atoms with van der Waals surface area (Å²) in [5.74, 6) is 0.420. The summed E-state index contributed by atoms with van der Waals surface area (Å²) in [6.07, 6.45) is 6.52. The van der Waals surface area contributed by atoms with E-state index >= 15 is 0 Å². The average molecular weight is 252 g/mol. The third-order valence-corrected chi connectivity index (χ3v) is 5.19. The zero-order chi connectivity index (χ0) is 12.6. The zero-order valence-corrected chi connectivity index (χ0v) is 11.1. The van der Waals surface area contributed by atoms with Crippen LogP contribution >= 0.6 is 0 Å². The molecule has 1 aliphatic carbocycles. The highest BCUT2D eigenvalue weighted by Crippen LogP contribution is 2.40. The number of rotatable bonds is 1. The van der Waals surface area contributed by atoms with E-state index in [4.69, 9.17) is 10.5 Å². The Morgan fingerprint density at radius 1 is 1.22 bits per heavy atom. The Hall–Kier alpha value is -0.610. The van der Waals surface area contributed by atoms with Crippen molar-refractivity contribution in [2.24, 2.45) is 17.1 Å². The predicted octanol–water partition coefficient (Wildman–Crippen LogP) is 1.14. The van der Waals surface area contributed by atoms with Crippen LogP contribution in [0, 0.1) is 11.3 Å². The summed E-state index contributed by atoms with van der Waals surface area (Å²) in [7, 11) is 0. The summed E-state index contributed by atoms with van der Waals surface area (Å²) in [6.45, 7) is 3.61. The molecule has 1 saturated carbocycles. The van der Waals surface area contributed by atoms with Crippen molar-refractivity contribution < 1.29 is 9.53 Å². The quantitative estimate of drug-likeness (QED) is 0.761. The maximum atomic E-state index is 12.5. The molecule has 3 rings (SSSR count). The summed E-state index contributed by atoms with van der Waals surface area (Å²) >= 11 is 0. The number of amides is 1. The van der Waals surface area contributed by atoms with Gasteiger partial charge in [-0.2, -0.15) is 0 Å². The van der Waals surface area contributed by atoms with E-state index < -0.39 is 0 Å². The van der Waals surface area contributed by atoms with Crippen LogP contribution in [0.1, 0.15) is 38.5 Å². The number of likely N-dealkylation sites (tertiary alicyclic amines) is 1. The third-order valence-electron chi connectivity index (χ3n) is 5.19. The van der Waals surface area contributed by atoms with Gasteiger partial charge in [-0.05, 0) is 37.5 Å². The Bertz CT molecular complexity index is 326. The molecule has 0 aromatic carbocycles. The number of carbonyl (C=O) groups excluding carboxylic acids is 1. The molecule has 2 atom stereocenters. The molecule has 1 spiro atoms. The molecule has 0 bridgehead atoms. The van der Waals surface area contributed by atoms with Gasteiger partial charge in [-0.3, -0.25) is 4.79 Å². The van der Waals surface area contributed by atoms with E-state index in [9.17, 15) is 4.79 Å². The highest BCUT2D eigenvalue weighted by atomic mass is 16.5. The summed E-state index contributed by atoms with van der Waals surface area (Å²) in [6, 6.07) is 0.101. The molecule has 0 aromatic rings. The van der Waals surface area contributed by atoms with E-state index in [1.807, 2.05) is 0 Å². The fourth-order valence-electron chi connectivity index (χ4n) is 3.87. The number of ether oxygens (including phenoxy) is 1. The second-order valence-corrected chi connectivity index (χ2v) is 6.32. The fourth-order valence-corrected chi connectivity index (χ4v) is 3.87. The minimum atomic E-state index is 0.0972. The van der Waals surface area contributed by atoms with E-state index in [0.29, 0.717) is 11.3 Å². The first-order valence-corrected chi connectivity index (χ1v) is 7.32. The van der Waals surface area contributed by atoms with Gasteiger partial charge in [0.05, 0.1) is 5.92 Å². The lowest BCUT2D eigenvalue weighted by molar-refractivity contribution is -0.135. The average Bonchev–Trinajstić information content (AvgIpc) is 2.97. The molecule has 3 fully saturated rings. The standard InChI is InChI=1S/C14H24N2O2/c15-12-3-1-2-11(12)13(17)16-7-4-14(10-16)5-8-18-9-6-14/h11-12H,1-10,15H2. The van der Waals surface area contributed by atoms with Gasteiger partial charge in [0.25, 0.3) is 0 Å². The molecule has 4 heteroatoms. The van der Waals surface area contributed by atoms with Crippen molar-refractivity contribution in [3.8, 4) is 0 Å². The first kappa shape index (κ1) is 12.4. The van der Waals surface area contributed by atoms with Crippen molar-refractivity contribution in [1.82, 2.24) is 4.90 Å². The highest BCUT2D eigenvalue weighted by molar-refractivity contribution is 5.80. The van der Waals surface area contributed by atoms with E-state index in [1.165, 1.54) is 0 Å². The molecular formula is C14H24N2O2. The van der Waals surface area contributed by atoms with Gasteiger partial charge in [0.15, 0.2) is 0 Å². The van der Waals surface area contributed by atoms with Gasteiger partial charge in [-0.25, -0.2) is 0 Å². The summed E-state index contributed by atoms with van der Waals surface area (Å²) < 4.78 is 5.45. The molecular weight excluding hydrogens is 228 g/mol. The van der Waals surface area contributed by atoms with Crippen LogP contribution in [0.5, 0.6) is 0 Å². The lowest BCUT2D eigenvalue weighted by Crippen LogP contribution is -2.42. The summed E-state index contributed by atoms with van der Waals surface area (Å²) in [5.41, 5.74) is 6.41. The van der Waals surface area contributed by atoms with Crippen LogP contribution in [0.2, 0.25) is 0 Å². The number of carbonyl (C=O) groups is 1. The van der Waals surface area contributed by atoms with Crippen LogP contribution in [-0.2, 0) is 9.53 Å². The van der Waals surface area contributed by atoms with Gasteiger partial charge in [-0.15, -0.1) is 0 Å². The first-order chi connectivity index (χ1) is 8.70. The molecule has 0 radical (unpaired) electrons. The van der Waals surface area contributed by atoms with E-state index in [1.54, 1.807) is 0 Å². The Balaban J connectivity index is 1.62. The van der Waals surface area contributed by atoms with Gasteiger partial charge in [0.2, 0.25) is 5.91 Å². The van der Waals surface area contributed by atoms with Crippen molar-refractivity contribution in [1.29, 1.82) is 0 Å². The maximum Gasteiger partial charge on any atom is 0.227 e. The molecule has 2 unspecified atom stereocenters. The molecule has 2 saturated heterocycles. The zero-order valence-electron chi connectivity index (χ0n) is 11.1. The fraction of sp³-hybridized carbons (Fsp3) is 0.929. The molecule has 0 aromatic heterocycles. The Labute approximate surface area is 109 Å². The largest absolute Gasteiger partial charge is 0.381 e. The van der Waals surface area contributed by atoms with Gasteiger partial charge in [0, 0.05) is 32.3 Å². The number of hydrogen-bond donors (Lipinski definition) is 1. The Morgan fingerprint density at radius 3 is 2.67 bits per heavy atom. The molecule has 18 heavy (non-hydrogen) atoms. The van der Waals surface area contributed by atoms with Crippen molar-refractivity contribution in [2.75, 3.05) is 26.3 Å². The molecule has 2 aliphatic heterocycles. The van der Waals surface area contributed by atoms with E-state index in [-0.39, 0.29) is 12.0 Å². The van der Waals surface area contributed by atoms with E-state index in [2.05, 4.69) is 4.90 Å². The molecule has 2 N–H and O–H groups in total. The van der Waals surface area contributed by atoms with Crippen LogP contribution in [0.4, 0.5) is 0 Å². The predicted molar refractivity (Wildman–Crippen MR) is 69.0 cm³/mol. The second-order valence-electron chi connectivity index (χ2n) is 6.32. The minimum absolute atomic E-state index is 0.0972. The van der Waals surface area contributed by atoms with Crippen molar-refractivity contribution in [3.63, 3.8) is 0 Å². The van der Waals surface area contributed by atoms with Crippen LogP contribution < -0.4 is 5.73 Å². The van der Waals surface area contributed by atoms with Crippen molar-refractivity contribution in [3.05, 3.63) is 0 Å². The van der Waals surface area contributed by atoms with Gasteiger partial charge in [-0.1, -0.05) is 6.42 Å². The topological polar surface area (TPSA) is 55.6 Å².